The van der Waals surface area contributed by atoms with Crippen molar-refractivity contribution in [3.63, 3.8) is 0 Å². The summed E-state index contributed by atoms with van der Waals surface area (Å²) >= 11 is 0. The number of halogens is 2. The Balaban J connectivity index is 2.38. The van der Waals surface area contributed by atoms with Crippen LogP contribution in [0.2, 0.25) is 0 Å². The van der Waals surface area contributed by atoms with Gasteiger partial charge in [-0.25, -0.2) is 17.2 Å². The van der Waals surface area contributed by atoms with Gasteiger partial charge in [0.2, 0.25) is 10.0 Å². The van der Waals surface area contributed by atoms with Gasteiger partial charge in [0, 0.05) is 12.6 Å². The Bertz CT molecular complexity index is 572. The lowest BCUT2D eigenvalue weighted by atomic mass is 10.1. The molecule has 0 aromatic heterocycles. The molecule has 1 fully saturated rings. The largest absolute Gasteiger partial charge is 0.317 e. The Labute approximate surface area is 117 Å². The lowest BCUT2D eigenvalue weighted by Gasteiger charge is -2.33. The van der Waals surface area contributed by atoms with E-state index in [9.17, 15) is 17.2 Å². The fourth-order valence-electron chi connectivity index (χ4n) is 2.52. The van der Waals surface area contributed by atoms with E-state index in [4.69, 9.17) is 0 Å². The fourth-order valence-corrected chi connectivity index (χ4v) is 4.29. The van der Waals surface area contributed by atoms with Gasteiger partial charge in [0.25, 0.3) is 0 Å². The van der Waals surface area contributed by atoms with Crippen LogP contribution in [0.4, 0.5) is 8.78 Å². The third kappa shape index (κ3) is 2.99. The maximum absolute atomic E-state index is 13.7. The summed E-state index contributed by atoms with van der Waals surface area (Å²) in [6.45, 7) is 3.39. The molecule has 0 amide bonds. The van der Waals surface area contributed by atoms with Crippen LogP contribution in [0.25, 0.3) is 0 Å². The number of piperidine rings is 1. The second-order valence-corrected chi connectivity index (χ2v) is 6.62. The van der Waals surface area contributed by atoms with E-state index in [1.54, 1.807) is 6.92 Å². The van der Waals surface area contributed by atoms with Crippen LogP contribution < -0.4 is 5.32 Å². The van der Waals surface area contributed by atoms with Crippen LogP contribution in [0.1, 0.15) is 19.8 Å². The third-order valence-electron chi connectivity index (χ3n) is 3.51. The normalized spacial score (nSPS) is 17.6. The van der Waals surface area contributed by atoms with Gasteiger partial charge in [-0.1, -0.05) is 6.92 Å². The molecule has 0 radical (unpaired) electrons. The van der Waals surface area contributed by atoms with Gasteiger partial charge < -0.3 is 5.32 Å². The second kappa shape index (κ2) is 6.15. The number of hydrogen-bond acceptors (Lipinski definition) is 3. The van der Waals surface area contributed by atoms with Gasteiger partial charge in [-0.15, -0.1) is 0 Å². The molecule has 1 aliphatic rings. The predicted molar refractivity (Wildman–Crippen MR) is 71.8 cm³/mol. The number of rotatable bonds is 4. The predicted octanol–water partition coefficient (Wildman–Crippen LogP) is 1.73. The molecule has 0 unspecified atom stereocenters. The molecular formula is C13H18F2N2O2S. The zero-order valence-electron chi connectivity index (χ0n) is 11.3. The van der Waals surface area contributed by atoms with Crippen LogP contribution in [-0.2, 0) is 10.0 Å². The molecule has 112 valence electrons. The molecule has 1 aromatic rings. The van der Waals surface area contributed by atoms with Crippen LogP contribution in [0.15, 0.2) is 23.1 Å². The first kappa shape index (κ1) is 15.3. The molecule has 7 heteroatoms. The number of sulfonamides is 1. The maximum atomic E-state index is 13.7. The van der Waals surface area contributed by atoms with Crippen molar-refractivity contribution in [3.8, 4) is 0 Å². The highest BCUT2D eigenvalue weighted by atomic mass is 32.2. The Morgan fingerprint density at radius 1 is 1.30 bits per heavy atom. The third-order valence-corrected chi connectivity index (χ3v) is 5.55. The lowest BCUT2D eigenvalue weighted by Crippen LogP contribution is -2.46. The van der Waals surface area contributed by atoms with Crippen molar-refractivity contribution in [1.29, 1.82) is 0 Å². The van der Waals surface area contributed by atoms with E-state index in [1.807, 2.05) is 0 Å². The van der Waals surface area contributed by atoms with Gasteiger partial charge in [0.15, 0.2) is 0 Å². The highest BCUT2D eigenvalue weighted by molar-refractivity contribution is 7.89. The summed E-state index contributed by atoms with van der Waals surface area (Å²) in [5.74, 6) is -1.68. The zero-order valence-corrected chi connectivity index (χ0v) is 12.1. The Kier molecular flexibility index (Phi) is 4.72. The van der Waals surface area contributed by atoms with Crippen LogP contribution in [0, 0.1) is 11.6 Å². The molecule has 1 aliphatic heterocycles. The summed E-state index contributed by atoms with van der Waals surface area (Å²) in [5.41, 5.74) is 0. The molecule has 1 saturated heterocycles. The minimum atomic E-state index is -4.01. The summed E-state index contributed by atoms with van der Waals surface area (Å²) < 4.78 is 53.3. The van der Waals surface area contributed by atoms with Crippen LogP contribution in [-0.4, -0.2) is 38.4 Å². The van der Waals surface area contributed by atoms with Gasteiger partial charge in [0.05, 0.1) is 0 Å². The quantitative estimate of drug-likeness (QED) is 0.921. The first-order chi connectivity index (χ1) is 9.46. The Morgan fingerprint density at radius 2 is 1.95 bits per heavy atom. The fraction of sp³-hybridized carbons (Fsp3) is 0.538. The van der Waals surface area contributed by atoms with E-state index >= 15 is 0 Å². The Morgan fingerprint density at radius 3 is 2.55 bits per heavy atom. The topological polar surface area (TPSA) is 49.4 Å². The molecule has 1 aromatic carbocycles. The van der Waals surface area contributed by atoms with Gasteiger partial charge in [-0.3, -0.25) is 0 Å². The SMILES string of the molecule is CCN(C1CCNCC1)S(=O)(=O)c1cc(F)ccc1F. The molecule has 2 rings (SSSR count). The summed E-state index contributed by atoms with van der Waals surface area (Å²) in [5, 5.41) is 3.15. The summed E-state index contributed by atoms with van der Waals surface area (Å²) in [6, 6.07) is 2.33. The highest BCUT2D eigenvalue weighted by Gasteiger charge is 2.33. The van der Waals surface area contributed by atoms with Crippen LogP contribution in [0.5, 0.6) is 0 Å². The minimum Gasteiger partial charge on any atom is -0.317 e. The average molecular weight is 304 g/mol. The molecule has 20 heavy (non-hydrogen) atoms. The van der Waals surface area contributed by atoms with Crippen molar-refractivity contribution >= 4 is 10.0 Å². The van der Waals surface area contributed by atoms with Crippen molar-refractivity contribution < 1.29 is 17.2 Å². The average Bonchev–Trinajstić information content (AvgIpc) is 2.43. The van der Waals surface area contributed by atoms with Gasteiger partial charge in [-0.05, 0) is 44.1 Å². The number of nitrogens with zero attached hydrogens (tertiary/aromatic N) is 1. The van der Waals surface area contributed by atoms with E-state index in [0.717, 1.165) is 31.3 Å². The van der Waals surface area contributed by atoms with Gasteiger partial charge >= 0.3 is 0 Å². The van der Waals surface area contributed by atoms with E-state index in [1.165, 1.54) is 4.31 Å². The first-order valence-corrected chi connectivity index (χ1v) is 8.08. The smallest absolute Gasteiger partial charge is 0.246 e. The molecule has 0 bridgehead atoms. The van der Waals surface area contributed by atoms with Crippen molar-refractivity contribution in [2.75, 3.05) is 19.6 Å². The molecule has 4 nitrogen and oxygen atoms in total. The first-order valence-electron chi connectivity index (χ1n) is 6.64. The number of hydrogen-bond donors (Lipinski definition) is 1. The van der Waals surface area contributed by atoms with Crippen molar-refractivity contribution in [1.82, 2.24) is 9.62 Å². The van der Waals surface area contributed by atoms with Gasteiger partial charge in [0.1, 0.15) is 16.5 Å². The number of nitrogens with one attached hydrogen (secondary N) is 1. The van der Waals surface area contributed by atoms with Crippen molar-refractivity contribution in [2.45, 2.75) is 30.7 Å². The molecular weight excluding hydrogens is 286 g/mol. The molecule has 1 N–H and O–H groups in total. The highest BCUT2D eigenvalue weighted by Crippen LogP contribution is 2.24. The van der Waals surface area contributed by atoms with E-state index < -0.39 is 26.6 Å². The standard InChI is InChI=1S/C13H18F2N2O2S/c1-2-17(11-5-7-16-8-6-11)20(18,19)13-9-10(14)3-4-12(13)15/h3-4,9,11,16H,2,5-8H2,1H3. The molecule has 1 heterocycles. The molecule has 0 saturated carbocycles. The molecule has 0 spiro atoms. The molecule has 0 aliphatic carbocycles. The minimum absolute atomic E-state index is 0.172. The van der Waals surface area contributed by atoms with E-state index in [2.05, 4.69) is 5.32 Å². The lowest BCUT2D eigenvalue weighted by molar-refractivity contribution is 0.270. The Hall–Kier alpha value is -1.05. The van der Waals surface area contributed by atoms with Crippen LogP contribution in [0.3, 0.4) is 0 Å². The van der Waals surface area contributed by atoms with Crippen molar-refractivity contribution in [3.05, 3.63) is 29.8 Å². The van der Waals surface area contributed by atoms with Gasteiger partial charge in [-0.2, -0.15) is 4.31 Å². The summed E-state index contributed by atoms with van der Waals surface area (Å²) in [7, 11) is -4.01. The monoisotopic (exact) mass is 304 g/mol. The summed E-state index contributed by atoms with van der Waals surface area (Å²) in [4.78, 5) is -0.585. The summed E-state index contributed by atoms with van der Waals surface area (Å²) in [6.07, 6.45) is 1.34. The van der Waals surface area contributed by atoms with E-state index in [-0.39, 0.29) is 12.6 Å². The number of benzene rings is 1. The second-order valence-electron chi connectivity index (χ2n) is 4.76. The van der Waals surface area contributed by atoms with Crippen LogP contribution >= 0.6 is 0 Å². The van der Waals surface area contributed by atoms with E-state index in [0.29, 0.717) is 12.8 Å². The molecule has 0 atom stereocenters. The maximum Gasteiger partial charge on any atom is 0.246 e. The van der Waals surface area contributed by atoms with Crippen molar-refractivity contribution in [2.24, 2.45) is 0 Å². The zero-order chi connectivity index (χ0) is 14.8.